The Morgan fingerprint density at radius 2 is 1.92 bits per heavy atom. The maximum Gasteiger partial charge on any atom is 0.406 e. The first-order valence-electron chi connectivity index (χ1n) is 8.18. The Labute approximate surface area is 139 Å². The Morgan fingerprint density at radius 3 is 2.58 bits per heavy atom. The van der Waals surface area contributed by atoms with Gasteiger partial charge in [-0.2, -0.15) is 13.2 Å². The number of rotatable bonds is 6. The third-order valence-corrected chi connectivity index (χ3v) is 4.53. The zero-order valence-electron chi connectivity index (χ0n) is 13.3. The molecule has 2 aliphatic rings. The van der Waals surface area contributed by atoms with Crippen molar-refractivity contribution in [2.75, 3.05) is 13.1 Å². The topological polar surface area (TPSA) is 41.6 Å². The molecular formula is C17H21F3N2O2. The van der Waals surface area contributed by atoms with E-state index in [0.717, 1.165) is 23.3 Å². The highest BCUT2D eigenvalue weighted by molar-refractivity contribution is 5.84. The van der Waals surface area contributed by atoms with Crippen molar-refractivity contribution in [3.63, 3.8) is 0 Å². The Bertz CT molecular complexity index is 559. The molecule has 4 nitrogen and oxygen atoms in total. The molecule has 1 aromatic rings. The Morgan fingerprint density at radius 1 is 1.21 bits per heavy atom. The summed E-state index contributed by atoms with van der Waals surface area (Å²) in [6.07, 6.45) is -2.19. The van der Waals surface area contributed by atoms with Gasteiger partial charge in [-0.3, -0.25) is 4.79 Å². The van der Waals surface area contributed by atoms with Gasteiger partial charge in [0.2, 0.25) is 5.91 Å². The number of amides is 1. The second-order valence-electron chi connectivity index (χ2n) is 6.47. The molecule has 1 saturated heterocycles. The summed E-state index contributed by atoms with van der Waals surface area (Å²) in [5, 5.41) is 3.17. The molecule has 132 valence electrons. The van der Waals surface area contributed by atoms with E-state index in [1.54, 1.807) is 0 Å². The van der Waals surface area contributed by atoms with Crippen LogP contribution in [0.4, 0.5) is 13.2 Å². The van der Waals surface area contributed by atoms with Gasteiger partial charge in [0.1, 0.15) is 6.54 Å². The maximum absolute atomic E-state index is 12.4. The van der Waals surface area contributed by atoms with Gasteiger partial charge in [-0.1, -0.05) is 30.3 Å². The molecule has 24 heavy (non-hydrogen) atoms. The third kappa shape index (κ3) is 4.48. The number of carbonyl (C=O) groups is 1. The molecular weight excluding hydrogens is 321 g/mol. The molecule has 1 saturated carbocycles. The molecule has 0 spiro atoms. The summed E-state index contributed by atoms with van der Waals surface area (Å²) >= 11 is 0. The Balaban J connectivity index is 1.36. The normalized spacial score (nSPS) is 27.4. The molecule has 7 heteroatoms. The van der Waals surface area contributed by atoms with Gasteiger partial charge in [-0.25, -0.2) is 0 Å². The number of nitrogens with one attached hydrogen (secondary N) is 1. The Hall–Kier alpha value is -1.60. The molecule has 3 rings (SSSR count). The number of alkyl halides is 3. The molecule has 1 aromatic carbocycles. The van der Waals surface area contributed by atoms with E-state index in [-0.39, 0.29) is 18.7 Å². The molecule has 1 aliphatic heterocycles. The molecule has 1 atom stereocenters. The molecule has 2 fully saturated rings. The maximum atomic E-state index is 12.4. The van der Waals surface area contributed by atoms with Gasteiger partial charge in [-0.15, -0.1) is 0 Å². The van der Waals surface area contributed by atoms with Crippen LogP contribution in [0.5, 0.6) is 0 Å². The standard InChI is InChI=1S/C17H21F3N2O2/c18-17(19,20)11-22-7-6-15(16(22)23)21-13-8-14(9-13)24-10-12-4-2-1-3-5-12/h1-5,13-15,21H,6-11H2. The van der Waals surface area contributed by atoms with E-state index in [0.29, 0.717) is 13.0 Å². The fourth-order valence-electron chi connectivity index (χ4n) is 3.18. The average Bonchev–Trinajstić information content (AvgIpc) is 2.81. The van der Waals surface area contributed by atoms with Gasteiger partial charge in [0.15, 0.2) is 0 Å². The van der Waals surface area contributed by atoms with E-state index in [4.69, 9.17) is 4.74 Å². The molecule has 0 aromatic heterocycles. The van der Waals surface area contributed by atoms with E-state index in [1.807, 2.05) is 30.3 Å². The van der Waals surface area contributed by atoms with Gasteiger partial charge in [-0.05, 0) is 24.8 Å². The van der Waals surface area contributed by atoms with Crippen molar-refractivity contribution < 1.29 is 22.7 Å². The summed E-state index contributed by atoms with van der Waals surface area (Å²) in [6, 6.07) is 9.53. The van der Waals surface area contributed by atoms with E-state index in [2.05, 4.69) is 5.32 Å². The summed E-state index contributed by atoms with van der Waals surface area (Å²) in [4.78, 5) is 12.9. The predicted octanol–water partition coefficient (Wildman–Crippen LogP) is 2.49. The lowest BCUT2D eigenvalue weighted by Crippen LogP contribution is -2.52. The molecule has 0 bridgehead atoms. The SMILES string of the molecule is O=C1C(NC2CC(OCc3ccccc3)C2)CCN1CC(F)(F)F. The quantitative estimate of drug-likeness (QED) is 0.864. The number of benzene rings is 1. The van der Waals surface area contributed by atoms with Gasteiger partial charge >= 0.3 is 6.18 Å². The number of carbonyl (C=O) groups excluding carboxylic acids is 1. The third-order valence-electron chi connectivity index (χ3n) is 4.53. The van der Waals surface area contributed by atoms with Crippen molar-refractivity contribution in [2.45, 2.75) is 50.2 Å². The molecule has 1 unspecified atom stereocenters. The highest BCUT2D eigenvalue weighted by Crippen LogP contribution is 2.27. The minimum Gasteiger partial charge on any atom is -0.373 e. The number of nitrogens with zero attached hydrogens (tertiary/aromatic N) is 1. The fourth-order valence-corrected chi connectivity index (χ4v) is 3.18. The monoisotopic (exact) mass is 342 g/mol. The minimum atomic E-state index is -4.34. The highest BCUT2D eigenvalue weighted by atomic mass is 19.4. The number of hydrogen-bond donors (Lipinski definition) is 1. The summed E-state index contributed by atoms with van der Waals surface area (Å²) < 4.78 is 43.0. The molecule has 1 amide bonds. The van der Waals surface area contributed by atoms with Crippen LogP contribution in [-0.4, -0.2) is 48.3 Å². The predicted molar refractivity (Wildman–Crippen MR) is 82.2 cm³/mol. The molecule has 0 radical (unpaired) electrons. The van der Waals surface area contributed by atoms with Gasteiger partial charge < -0.3 is 15.0 Å². The summed E-state index contributed by atoms with van der Waals surface area (Å²) in [5.41, 5.74) is 1.11. The smallest absolute Gasteiger partial charge is 0.373 e. The minimum absolute atomic E-state index is 0.144. The van der Waals surface area contributed by atoms with Crippen LogP contribution < -0.4 is 5.32 Å². The van der Waals surface area contributed by atoms with Crippen molar-refractivity contribution in [2.24, 2.45) is 0 Å². The van der Waals surface area contributed by atoms with Crippen LogP contribution in [0.25, 0.3) is 0 Å². The molecule has 1 aliphatic carbocycles. The highest BCUT2D eigenvalue weighted by Gasteiger charge is 2.41. The van der Waals surface area contributed by atoms with Crippen molar-refractivity contribution in [3.8, 4) is 0 Å². The second-order valence-corrected chi connectivity index (χ2v) is 6.47. The van der Waals surface area contributed by atoms with Crippen LogP contribution >= 0.6 is 0 Å². The lowest BCUT2D eigenvalue weighted by Gasteiger charge is -2.37. The Kier molecular flexibility index (Phi) is 5.10. The van der Waals surface area contributed by atoms with Crippen LogP contribution in [-0.2, 0) is 16.1 Å². The average molecular weight is 342 g/mol. The van der Waals surface area contributed by atoms with Crippen molar-refractivity contribution in [3.05, 3.63) is 35.9 Å². The zero-order valence-corrected chi connectivity index (χ0v) is 13.3. The first-order chi connectivity index (χ1) is 11.4. The van der Waals surface area contributed by atoms with Gasteiger partial charge in [0.05, 0.1) is 18.8 Å². The number of halogens is 3. The first kappa shape index (κ1) is 17.2. The van der Waals surface area contributed by atoms with Crippen LogP contribution in [0.2, 0.25) is 0 Å². The zero-order chi connectivity index (χ0) is 17.2. The van der Waals surface area contributed by atoms with Gasteiger partial charge in [0.25, 0.3) is 0 Å². The van der Waals surface area contributed by atoms with Crippen LogP contribution in [0.15, 0.2) is 30.3 Å². The van der Waals surface area contributed by atoms with E-state index in [1.165, 1.54) is 0 Å². The molecule has 1 heterocycles. The lowest BCUT2D eigenvalue weighted by molar-refractivity contribution is -0.158. The van der Waals surface area contributed by atoms with Crippen molar-refractivity contribution >= 4 is 5.91 Å². The lowest BCUT2D eigenvalue weighted by atomic mass is 9.88. The number of hydrogen-bond acceptors (Lipinski definition) is 3. The van der Waals surface area contributed by atoms with Crippen LogP contribution in [0, 0.1) is 0 Å². The number of ether oxygens (including phenoxy) is 1. The van der Waals surface area contributed by atoms with Crippen molar-refractivity contribution in [1.82, 2.24) is 10.2 Å². The summed E-state index contributed by atoms with van der Waals surface area (Å²) in [7, 11) is 0. The largest absolute Gasteiger partial charge is 0.406 e. The fraction of sp³-hybridized carbons (Fsp3) is 0.588. The first-order valence-corrected chi connectivity index (χ1v) is 8.18. The van der Waals surface area contributed by atoms with Crippen LogP contribution in [0.3, 0.4) is 0 Å². The molecule has 1 N–H and O–H groups in total. The summed E-state index contributed by atoms with van der Waals surface area (Å²) in [5.74, 6) is -0.444. The van der Waals surface area contributed by atoms with Crippen molar-refractivity contribution in [1.29, 1.82) is 0 Å². The second kappa shape index (κ2) is 7.11. The van der Waals surface area contributed by atoms with E-state index in [9.17, 15) is 18.0 Å². The van der Waals surface area contributed by atoms with Crippen LogP contribution in [0.1, 0.15) is 24.8 Å². The van der Waals surface area contributed by atoms with Gasteiger partial charge in [0, 0.05) is 12.6 Å². The van der Waals surface area contributed by atoms with E-state index < -0.39 is 24.7 Å². The summed E-state index contributed by atoms with van der Waals surface area (Å²) in [6.45, 7) is -0.436. The van der Waals surface area contributed by atoms with E-state index >= 15 is 0 Å². The number of likely N-dealkylation sites (tertiary alicyclic amines) is 1.